The minimum Gasteiger partial charge on any atom is -0.465 e. The third-order valence-corrected chi connectivity index (χ3v) is 3.39. The summed E-state index contributed by atoms with van der Waals surface area (Å²) in [5.74, 6) is 2.07. The number of ether oxygens (including phenoxy) is 2. The predicted molar refractivity (Wildman–Crippen MR) is 52.6 cm³/mol. The first-order valence-corrected chi connectivity index (χ1v) is 5.43. The topological polar surface area (TPSA) is 30.5 Å². The van der Waals surface area contributed by atoms with Crippen LogP contribution in [0.15, 0.2) is 11.8 Å². The molecule has 0 aromatic rings. The number of nitrogens with one attached hydrogen (secondary N) is 1. The zero-order valence-corrected chi connectivity index (χ0v) is 8.75. The lowest BCUT2D eigenvalue weighted by Gasteiger charge is -2.24. The van der Waals surface area contributed by atoms with Crippen molar-refractivity contribution in [3.63, 3.8) is 0 Å². The summed E-state index contributed by atoms with van der Waals surface area (Å²) in [6.07, 6.45) is 3.60. The van der Waals surface area contributed by atoms with Gasteiger partial charge in [0.15, 0.2) is 0 Å². The molecule has 0 saturated carbocycles. The highest BCUT2D eigenvalue weighted by atomic mass is 16.7. The number of rotatable bonds is 0. The summed E-state index contributed by atoms with van der Waals surface area (Å²) in [5, 5.41) is 3.42. The lowest BCUT2D eigenvalue weighted by Crippen LogP contribution is -2.26. The molecular weight excluding hydrogens is 178 g/mol. The molecule has 1 N–H and O–H groups in total. The fourth-order valence-corrected chi connectivity index (χ4v) is 2.77. The third kappa shape index (κ3) is 1.27. The summed E-state index contributed by atoms with van der Waals surface area (Å²) in [6.45, 7) is 6.21. The molecule has 0 amide bonds. The van der Waals surface area contributed by atoms with Crippen molar-refractivity contribution in [2.75, 3.05) is 13.1 Å². The van der Waals surface area contributed by atoms with Gasteiger partial charge < -0.3 is 14.8 Å². The molecule has 3 aliphatic rings. The van der Waals surface area contributed by atoms with Crippen LogP contribution in [-0.4, -0.2) is 25.0 Å². The van der Waals surface area contributed by atoms with Gasteiger partial charge in [0.25, 0.3) is 0 Å². The van der Waals surface area contributed by atoms with E-state index in [1.807, 2.05) is 13.8 Å². The first kappa shape index (κ1) is 8.74. The van der Waals surface area contributed by atoms with Crippen molar-refractivity contribution < 1.29 is 9.47 Å². The molecule has 1 aliphatic carbocycles. The van der Waals surface area contributed by atoms with Crippen molar-refractivity contribution in [1.29, 1.82) is 0 Å². The van der Waals surface area contributed by atoms with Crippen molar-refractivity contribution in [1.82, 2.24) is 5.32 Å². The van der Waals surface area contributed by atoms with Crippen LogP contribution in [0.3, 0.4) is 0 Å². The van der Waals surface area contributed by atoms with Crippen LogP contribution in [0.1, 0.15) is 20.3 Å². The Morgan fingerprint density at radius 2 is 2.29 bits per heavy atom. The molecule has 3 rings (SSSR count). The van der Waals surface area contributed by atoms with Gasteiger partial charge >= 0.3 is 0 Å². The van der Waals surface area contributed by atoms with Crippen LogP contribution >= 0.6 is 0 Å². The molecule has 3 nitrogen and oxygen atoms in total. The summed E-state index contributed by atoms with van der Waals surface area (Å²) >= 11 is 0. The highest BCUT2D eigenvalue weighted by molar-refractivity contribution is 5.15. The first-order chi connectivity index (χ1) is 6.64. The third-order valence-electron chi connectivity index (χ3n) is 3.39. The van der Waals surface area contributed by atoms with Crippen LogP contribution in [0.25, 0.3) is 0 Å². The molecule has 2 heterocycles. The van der Waals surface area contributed by atoms with Gasteiger partial charge in [0, 0.05) is 20.4 Å². The maximum atomic E-state index is 5.84. The van der Waals surface area contributed by atoms with Gasteiger partial charge in [-0.05, 0) is 30.9 Å². The van der Waals surface area contributed by atoms with Gasteiger partial charge in [-0.15, -0.1) is 0 Å². The highest BCUT2D eigenvalue weighted by Gasteiger charge is 2.44. The molecule has 2 aliphatic heterocycles. The van der Waals surface area contributed by atoms with Gasteiger partial charge in [0.1, 0.15) is 11.9 Å². The quantitative estimate of drug-likeness (QED) is 0.631. The molecule has 3 heteroatoms. The maximum Gasteiger partial charge on any atom is 0.205 e. The van der Waals surface area contributed by atoms with Crippen molar-refractivity contribution in [2.45, 2.75) is 32.2 Å². The maximum absolute atomic E-state index is 5.84. The minimum atomic E-state index is -0.414. The van der Waals surface area contributed by atoms with Crippen molar-refractivity contribution >= 4 is 0 Å². The van der Waals surface area contributed by atoms with Crippen LogP contribution in [0.2, 0.25) is 0 Å². The average Bonchev–Trinajstić information content (AvgIpc) is 2.59. The Bertz CT molecular complexity index is 285. The molecule has 14 heavy (non-hydrogen) atoms. The SMILES string of the molecule is CC1(C)OC2=CC3CNCC3CC2O1. The summed E-state index contributed by atoms with van der Waals surface area (Å²) in [6, 6.07) is 0. The molecule has 0 aromatic heterocycles. The predicted octanol–water partition coefficient (Wildman–Crippen LogP) is 1.26. The second-order valence-electron chi connectivity index (χ2n) is 5.00. The highest BCUT2D eigenvalue weighted by Crippen LogP contribution is 2.41. The summed E-state index contributed by atoms with van der Waals surface area (Å²) in [4.78, 5) is 0. The molecular formula is C11H17NO2. The fourth-order valence-electron chi connectivity index (χ4n) is 2.77. The standard InChI is InChI=1S/C11H17NO2/c1-11(2)13-9-3-7-5-12-6-8(7)4-10(9)14-11/h3,7-8,10,12H,4-6H2,1-2H3. The van der Waals surface area contributed by atoms with E-state index in [9.17, 15) is 0 Å². The zero-order chi connectivity index (χ0) is 9.76. The molecule has 2 saturated heterocycles. The molecule has 3 unspecified atom stereocenters. The summed E-state index contributed by atoms with van der Waals surface area (Å²) in [5.41, 5.74) is 0. The Morgan fingerprint density at radius 3 is 3.14 bits per heavy atom. The minimum absolute atomic E-state index is 0.214. The van der Waals surface area contributed by atoms with E-state index in [1.165, 1.54) is 0 Å². The van der Waals surface area contributed by atoms with E-state index in [-0.39, 0.29) is 6.10 Å². The molecule has 0 spiro atoms. The number of hydrogen-bond acceptors (Lipinski definition) is 3. The Kier molecular flexibility index (Phi) is 1.71. The van der Waals surface area contributed by atoms with Crippen LogP contribution < -0.4 is 5.32 Å². The monoisotopic (exact) mass is 195 g/mol. The molecule has 0 bridgehead atoms. The van der Waals surface area contributed by atoms with E-state index in [2.05, 4.69) is 11.4 Å². The zero-order valence-electron chi connectivity index (χ0n) is 8.75. The Morgan fingerprint density at radius 1 is 1.43 bits per heavy atom. The van der Waals surface area contributed by atoms with Crippen LogP contribution in [0.4, 0.5) is 0 Å². The average molecular weight is 195 g/mol. The van der Waals surface area contributed by atoms with E-state index in [0.29, 0.717) is 5.92 Å². The van der Waals surface area contributed by atoms with Gasteiger partial charge in [0.05, 0.1) is 0 Å². The van der Waals surface area contributed by atoms with Crippen molar-refractivity contribution in [3.8, 4) is 0 Å². The molecule has 78 valence electrons. The molecule has 2 fully saturated rings. The van der Waals surface area contributed by atoms with E-state index in [1.54, 1.807) is 0 Å². The van der Waals surface area contributed by atoms with Crippen LogP contribution in [0, 0.1) is 11.8 Å². The van der Waals surface area contributed by atoms with Gasteiger partial charge in [-0.2, -0.15) is 0 Å². The Labute approximate surface area is 84.5 Å². The second kappa shape index (κ2) is 2.74. The van der Waals surface area contributed by atoms with Gasteiger partial charge in [-0.3, -0.25) is 0 Å². The van der Waals surface area contributed by atoms with E-state index in [4.69, 9.17) is 9.47 Å². The lowest BCUT2D eigenvalue weighted by atomic mass is 9.84. The molecule has 0 radical (unpaired) electrons. The first-order valence-electron chi connectivity index (χ1n) is 5.43. The van der Waals surface area contributed by atoms with Crippen molar-refractivity contribution in [3.05, 3.63) is 11.8 Å². The van der Waals surface area contributed by atoms with Gasteiger partial charge in [-0.25, -0.2) is 0 Å². The summed E-state index contributed by atoms with van der Waals surface area (Å²) < 4.78 is 11.6. The van der Waals surface area contributed by atoms with E-state index >= 15 is 0 Å². The number of fused-ring (bicyclic) bond motifs is 2. The van der Waals surface area contributed by atoms with Crippen molar-refractivity contribution in [2.24, 2.45) is 11.8 Å². The largest absolute Gasteiger partial charge is 0.465 e. The van der Waals surface area contributed by atoms with Gasteiger partial charge in [-0.1, -0.05) is 0 Å². The Hall–Kier alpha value is -0.540. The molecule has 0 aromatic carbocycles. The second-order valence-corrected chi connectivity index (χ2v) is 5.00. The van der Waals surface area contributed by atoms with Crippen LogP contribution in [-0.2, 0) is 9.47 Å². The van der Waals surface area contributed by atoms with E-state index in [0.717, 1.165) is 31.2 Å². The number of hydrogen-bond donors (Lipinski definition) is 1. The Balaban J connectivity index is 1.86. The smallest absolute Gasteiger partial charge is 0.205 e. The van der Waals surface area contributed by atoms with E-state index < -0.39 is 5.79 Å². The molecule has 3 atom stereocenters. The van der Waals surface area contributed by atoms with Gasteiger partial charge in [0.2, 0.25) is 5.79 Å². The van der Waals surface area contributed by atoms with Crippen LogP contribution in [0.5, 0.6) is 0 Å². The summed E-state index contributed by atoms with van der Waals surface area (Å²) in [7, 11) is 0. The lowest BCUT2D eigenvalue weighted by molar-refractivity contribution is -0.134. The fraction of sp³-hybridized carbons (Fsp3) is 0.818. The normalized spacial score (nSPS) is 43.9.